The van der Waals surface area contributed by atoms with Crippen LogP contribution < -0.4 is 20.3 Å². The number of aromatic nitrogens is 5. The average Bonchev–Trinajstić information content (AvgIpc) is 3.62. The van der Waals surface area contributed by atoms with E-state index in [1.807, 2.05) is 12.1 Å². The number of nitrogen functional groups attached to an aromatic ring is 1. The lowest BCUT2D eigenvalue weighted by atomic mass is 9.40. The topological polar surface area (TPSA) is 123 Å². The van der Waals surface area contributed by atoms with Gasteiger partial charge in [0.1, 0.15) is 49.2 Å². The molecule has 1 aromatic carbocycles. The van der Waals surface area contributed by atoms with E-state index in [0.717, 1.165) is 31.9 Å². The van der Waals surface area contributed by atoms with Gasteiger partial charge in [0, 0.05) is 61.8 Å². The minimum atomic E-state index is -2.32. The van der Waals surface area contributed by atoms with Crippen molar-refractivity contribution >= 4 is 102 Å². The summed E-state index contributed by atoms with van der Waals surface area (Å²) in [6.45, 7) is 3.88. The van der Waals surface area contributed by atoms with Crippen LogP contribution in [0.4, 0.5) is 17.5 Å². The third kappa shape index (κ3) is 7.82. The number of hydrogen-bond acceptors (Lipinski definition) is 11. The van der Waals surface area contributed by atoms with Crippen LogP contribution in [0.3, 0.4) is 0 Å². The molecule has 5 rings (SSSR count). The maximum absolute atomic E-state index is 6.18. The first-order valence-corrected chi connectivity index (χ1v) is 14.0. The number of ether oxygens (including phenoxy) is 2. The Bertz CT molecular complexity index is 1620. The first-order valence-electron chi connectivity index (χ1n) is 14.0. The lowest BCUT2D eigenvalue weighted by Crippen LogP contribution is -2.65. The average molecular weight is 592 g/mol. The van der Waals surface area contributed by atoms with Crippen molar-refractivity contribution in [1.29, 1.82) is 0 Å². The third-order valence-electron chi connectivity index (χ3n) is 7.16. The van der Waals surface area contributed by atoms with Crippen molar-refractivity contribution in [1.82, 2.24) is 29.5 Å². The van der Waals surface area contributed by atoms with Crippen LogP contribution in [0.1, 0.15) is 0 Å². The molecule has 210 valence electrons. The molecule has 0 unspecified atom stereocenters. The van der Waals surface area contributed by atoms with E-state index < -0.39 is 21.3 Å². The molecule has 0 atom stereocenters. The second-order valence-electron chi connectivity index (χ2n) is 11.0. The number of nitrogens with zero attached hydrogens (tertiary/aromatic N) is 8. The largest absolute Gasteiger partial charge is 0.506 e. The maximum Gasteiger partial charge on any atom is 0.266 e. The van der Waals surface area contributed by atoms with Crippen LogP contribution in [0.15, 0.2) is 47.2 Å². The highest BCUT2D eigenvalue weighted by Gasteiger charge is 2.40. The van der Waals surface area contributed by atoms with Gasteiger partial charge in [0.15, 0.2) is 5.65 Å². The van der Waals surface area contributed by atoms with Crippen LogP contribution in [-0.4, -0.2) is 169 Å². The molecule has 4 aromatic rings. The summed E-state index contributed by atoms with van der Waals surface area (Å²) in [7, 11) is 58.2. The summed E-state index contributed by atoms with van der Waals surface area (Å²) in [6.07, 6.45) is 2.91. The minimum absolute atomic E-state index is 0.0584. The molecule has 20 radical (unpaired) electrons. The van der Waals surface area contributed by atoms with Crippen LogP contribution in [0, 0.1) is 0 Å². The van der Waals surface area contributed by atoms with Gasteiger partial charge in [0.25, 0.3) is 5.89 Å². The second kappa shape index (κ2) is 12.7. The Morgan fingerprint density at radius 2 is 1.57 bits per heavy atom. The summed E-state index contributed by atoms with van der Waals surface area (Å²) in [5, 5.41) is -4.17. The van der Waals surface area contributed by atoms with Gasteiger partial charge in [-0.1, -0.05) is 5.24 Å². The molecule has 1 aliphatic rings. The number of nitrogens with two attached hydrogens (primary N) is 1. The standard InChI is InChI=1S/C24H21B10N9O3/c25-21(26,22(27,28)46-24(32,33)34)45-15-3-1-14(2-4-15)41-9-6-40(7-10-41)8-11-42(23(29,30)31)16-13-17-37-18(19-36-5-12-44-19)39-43(17)20(35)38-16/h1-5,12-13H,6-11H2,(H2,35,38). The summed E-state index contributed by atoms with van der Waals surface area (Å²) in [6, 6.07) is 8.64. The van der Waals surface area contributed by atoms with Crippen molar-refractivity contribution in [3.05, 3.63) is 42.8 Å². The first kappa shape index (κ1) is 34.1. The van der Waals surface area contributed by atoms with Crippen molar-refractivity contribution in [2.75, 3.05) is 54.8 Å². The Hall–Kier alpha value is -3.25. The third-order valence-corrected chi connectivity index (χ3v) is 7.16. The van der Waals surface area contributed by atoms with Gasteiger partial charge in [-0.25, -0.2) is 9.97 Å². The number of hydrogen-bond donors (Lipinski definition) is 1. The van der Waals surface area contributed by atoms with Crippen LogP contribution >= 0.6 is 0 Å². The molecule has 22 heteroatoms. The Morgan fingerprint density at radius 3 is 2.15 bits per heavy atom. The van der Waals surface area contributed by atoms with E-state index in [4.69, 9.17) is 98.1 Å². The molecule has 2 N–H and O–H groups in total. The van der Waals surface area contributed by atoms with Crippen LogP contribution in [0.2, 0.25) is 0 Å². The number of oxazole rings is 1. The summed E-state index contributed by atoms with van der Waals surface area (Å²) >= 11 is 0. The maximum atomic E-state index is 6.18. The number of rotatable bonds is 12. The van der Waals surface area contributed by atoms with Gasteiger partial charge in [-0.05, 0) is 29.6 Å². The van der Waals surface area contributed by atoms with Gasteiger partial charge in [0.05, 0.1) is 53.3 Å². The number of anilines is 3. The van der Waals surface area contributed by atoms with Crippen LogP contribution in [0.5, 0.6) is 5.75 Å². The summed E-state index contributed by atoms with van der Waals surface area (Å²) in [5.41, 5.74) is 7.51. The van der Waals surface area contributed by atoms with Gasteiger partial charge in [0.2, 0.25) is 11.8 Å². The fourth-order valence-electron chi connectivity index (χ4n) is 4.81. The van der Waals surface area contributed by atoms with Crippen LogP contribution in [-0.2, 0) is 4.74 Å². The highest BCUT2D eigenvalue weighted by molar-refractivity contribution is 6.61. The normalized spacial score (nSPS) is 15.3. The Kier molecular flexibility index (Phi) is 9.45. The minimum Gasteiger partial charge on any atom is -0.506 e. The Labute approximate surface area is 280 Å². The molecule has 4 heterocycles. The molecule has 0 bridgehead atoms. The number of benzene rings is 1. The fourth-order valence-corrected chi connectivity index (χ4v) is 4.81. The van der Waals surface area contributed by atoms with E-state index in [-0.39, 0.29) is 23.4 Å². The van der Waals surface area contributed by atoms with E-state index in [9.17, 15) is 0 Å². The molecule has 12 nitrogen and oxygen atoms in total. The second-order valence-corrected chi connectivity index (χ2v) is 11.0. The van der Waals surface area contributed by atoms with E-state index in [2.05, 4.69) is 29.9 Å². The highest BCUT2D eigenvalue weighted by atomic mass is 16.6. The first-order chi connectivity index (χ1) is 21.4. The zero-order valence-electron chi connectivity index (χ0n) is 24.9. The number of fused-ring (bicyclic) bond motifs is 1. The molecule has 3 aromatic heterocycles. The van der Waals surface area contributed by atoms with E-state index in [1.165, 1.54) is 17.0 Å². The fraction of sp³-hybridized carbons (Fsp3) is 0.417. The SMILES string of the molecule is [B]C([B])([B])OC([B])([B])C([B])([B])Oc1ccc(N2CCN(CCN(c3cc4nc(-c5ncco5)nn4c(N)n3)C([B])([B])[B])CC2)cc1. The van der Waals surface area contributed by atoms with Crippen molar-refractivity contribution in [2.24, 2.45) is 0 Å². The van der Waals surface area contributed by atoms with Crippen molar-refractivity contribution in [3.8, 4) is 17.5 Å². The summed E-state index contributed by atoms with van der Waals surface area (Å²) < 4.78 is 17.2. The van der Waals surface area contributed by atoms with Gasteiger partial charge in [-0.3, -0.25) is 4.90 Å². The zero-order valence-corrected chi connectivity index (χ0v) is 24.9. The molecule has 0 saturated carbocycles. The molecule has 46 heavy (non-hydrogen) atoms. The molecule has 1 saturated heterocycles. The molecule has 0 amide bonds. The molecule has 1 fully saturated rings. The van der Waals surface area contributed by atoms with Crippen molar-refractivity contribution in [3.63, 3.8) is 0 Å². The Morgan fingerprint density at radius 1 is 0.891 bits per heavy atom. The van der Waals surface area contributed by atoms with Gasteiger partial charge in [-0.2, -0.15) is 9.50 Å². The summed E-state index contributed by atoms with van der Waals surface area (Å²) in [5.74, 6) is 1.15. The van der Waals surface area contributed by atoms with Crippen molar-refractivity contribution in [2.45, 2.75) is 21.3 Å². The Balaban J connectivity index is 1.18. The molecular weight excluding hydrogens is 570 g/mol. The van der Waals surface area contributed by atoms with Crippen LogP contribution in [0.25, 0.3) is 17.4 Å². The zero-order chi connectivity index (χ0) is 33.5. The lowest BCUT2D eigenvalue weighted by Gasteiger charge is -2.48. The smallest absolute Gasteiger partial charge is 0.266 e. The van der Waals surface area contributed by atoms with E-state index in [1.54, 1.807) is 23.1 Å². The monoisotopic (exact) mass is 593 g/mol. The van der Waals surface area contributed by atoms with E-state index >= 15 is 0 Å². The van der Waals surface area contributed by atoms with Gasteiger partial charge in [-0.15, -0.1) is 5.10 Å². The van der Waals surface area contributed by atoms with Gasteiger partial charge < -0.3 is 29.4 Å². The molecule has 0 aliphatic carbocycles. The predicted molar refractivity (Wildman–Crippen MR) is 183 cm³/mol. The lowest BCUT2D eigenvalue weighted by molar-refractivity contribution is 0.00241. The molecule has 0 spiro atoms. The highest BCUT2D eigenvalue weighted by Crippen LogP contribution is 2.28. The van der Waals surface area contributed by atoms with Crippen molar-refractivity contribution < 1.29 is 13.9 Å². The molecule has 1 aliphatic heterocycles. The van der Waals surface area contributed by atoms with Gasteiger partial charge >= 0.3 is 0 Å². The van der Waals surface area contributed by atoms with E-state index in [0.29, 0.717) is 24.6 Å². The molecular formula is C24H21B10N9O3. The quantitative estimate of drug-likeness (QED) is 0.166. The predicted octanol–water partition coefficient (Wildman–Crippen LogP) is -3.40. The summed E-state index contributed by atoms with van der Waals surface area (Å²) in [4.78, 5) is 18.9. The number of piperazine rings is 1.